The number of rotatable bonds is 12. The van der Waals surface area contributed by atoms with E-state index in [1.54, 1.807) is 46.2 Å². The molecule has 0 spiro atoms. The molecule has 0 aliphatic carbocycles. The molecule has 2 heterocycles. The molecular weight excluding hydrogens is 392 g/mol. The zero-order chi connectivity index (χ0) is 16.3. The fourth-order valence-electron chi connectivity index (χ4n) is 1.33. The van der Waals surface area contributed by atoms with Crippen molar-refractivity contribution >= 4 is 58.0 Å². The van der Waals surface area contributed by atoms with Crippen molar-refractivity contribution in [1.82, 2.24) is 20.4 Å². The van der Waals surface area contributed by atoms with E-state index in [-0.39, 0.29) is 0 Å². The summed E-state index contributed by atoms with van der Waals surface area (Å²) in [5, 5.41) is 16.7. The van der Waals surface area contributed by atoms with Gasteiger partial charge in [-0.15, -0.1) is 20.4 Å². The molecule has 2 aromatic heterocycles. The van der Waals surface area contributed by atoms with Crippen LogP contribution in [-0.2, 0) is 9.47 Å². The van der Waals surface area contributed by atoms with Crippen LogP contribution in [0.4, 0.5) is 0 Å². The molecule has 0 saturated carbocycles. The number of hydrogen-bond donors (Lipinski definition) is 0. The highest BCUT2D eigenvalue weighted by atomic mass is 32.2. The van der Waals surface area contributed by atoms with Crippen molar-refractivity contribution in [2.75, 3.05) is 37.9 Å². The van der Waals surface area contributed by atoms with E-state index in [4.69, 9.17) is 9.47 Å². The molecule has 11 heteroatoms. The second-order valence-corrected chi connectivity index (χ2v) is 9.99. The Hall–Kier alpha value is 0.0900. The summed E-state index contributed by atoms with van der Waals surface area (Å²) in [6.45, 7) is 6.97. The zero-order valence-corrected chi connectivity index (χ0v) is 17.0. The van der Waals surface area contributed by atoms with Crippen LogP contribution in [0, 0.1) is 0 Å². The van der Waals surface area contributed by atoms with Crippen molar-refractivity contribution in [2.24, 2.45) is 0 Å². The van der Waals surface area contributed by atoms with E-state index in [2.05, 4.69) is 20.4 Å². The lowest BCUT2D eigenvalue weighted by Crippen LogP contribution is -1.95. The van der Waals surface area contributed by atoms with Crippen molar-refractivity contribution in [2.45, 2.75) is 31.2 Å². The number of thioether (sulfide) groups is 2. The van der Waals surface area contributed by atoms with Crippen molar-refractivity contribution in [3.05, 3.63) is 0 Å². The first-order chi connectivity index (χ1) is 11.3. The second-order valence-electron chi connectivity index (χ2n) is 3.86. The summed E-state index contributed by atoms with van der Waals surface area (Å²) in [4.78, 5) is 0. The Balaban J connectivity index is 1.74. The lowest BCUT2D eigenvalue weighted by molar-refractivity contribution is 0.164. The Morgan fingerprint density at radius 2 is 1.17 bits per heavy atom. The molecule has 0 amide bonds. The maximum Gasteiger partial charge on any atom is 0.182 e. The Bertz CT molecular complexity index is 517. The van der Waals surface area contributed by atoms with Crippen molar-refractivity contribution in [1.29, 1.82) is 0 Å². The summed E-state index contributed by atoms with van der Waals surface area (Å²) in [5.74, 6) is 1.79. The number of hydrogen-bond acceptors (Lipinski definition) is 11. The largest absolute Gasteiger partial charge is 0.381 e. The molecule has 0 radical (unpaired) electrons. The first kappa shape index (κ1) is 19.4. The van der Waals surface area contributed by atoms with Gasteiger partial charge in [0.1, 0.15) is 0 Å². The van der Waals surface area contributed by atoms with Crippen LogP contribution in [0.1, 0.15) is 13.8 Å². The molecular formula is C12H18N4O2S5. The van der Waals surface area contributed by atoms with Gasteiger partial charge in [-0.2, -0.15) is 0 Å². The highest BCUT2D eigenvalue weighted by Crippen LogP contribution is 2.36. The normalized spacial score (nSPS) is 11.2. The van der Waals surface area contributed by atoms with Gasteiger partial charge in [0.05, 0.1) is 13.2 Å². The standard InChI is InChI=1S/C12H18N4O2S5/c1-3-17-5-7-19-9-13-15-11(21-9)23-12-16-14-10(22-12)20-8-6-18-4-2/h3-8H2,1-2H3. The van der Waals surface area contributed by atoms with Crippen LogP contribution in [-0.4, -0.2) is 58.3 Å². The number of ether oxygens (including phenoxy) is 2. The van der Waals surface area contributed by atoms with E-state index in [0.29, 0.717) is 0 Å². The molecule has 0 aromatic carbocycles. The Morgan fingerprint density at radius 1 is 0.739 bits per heavy atom. The van der Waals surface area contributed by atoms with Gasteiger partial charge in [0.25, 0.3) is 0 Å². The Labute approximate surface area is 156 Å². The van der Waals surface area contributed by atoms with Gasteiger partial charge in [0.2, 0.25) is 0 Å². The molecule has 2 rings (SSSR count). The quantitative estimate of drug-likeness (QED) is 0.384. The van der Waals surface area contributed by atoms with E-state index in [1.807, 2.05) is 13.8 Å². The topological polar surface area (TPSA) is 70.0 Å². The van der Waals surface area contributed by atoms with Gasteiger partial charge < -0.3 is 9.47 Å². The van der Waals surface area contributed by atoms with Gasteiger partial charge in [-0.3, -0.25) is 0 Å². The molecule has 0 bridgehead atoms. The molecule has 0 aliphatic heterocycles. The third kappa shape index (κ3) is 7.67. The molecule has 0 fully saturated rings. The van der Waals surface area contributed by atoms with Gasteiger partial charge in [0.15, 0.2) is 17.4 Å². The minimum absolute atomic E-state index is 0.738. The third-order valence-corrected chi connectivity index (χ3v) is 7.41. The molecule has 0 N–H and O–H groups in total. The van der Waals surface area contributed by atoms with Crippen molar-refractivity contribution < 1.29 is 9.47 Å². The molecule has 2 aromatic rings. The second kappa shape index (κ2) is 11.6. The maximum atomic E-state index is 5.31. The fraction of sp³-hybridized carbons (Fsp3) is 0.667. The summed E-state index contributed by atoms with van der Waals surface area (Å²) >= 11 is 8.01. The smallest absolute Gasteiger partial charge is 0.182 e. The lowest BCUT2D eigenvalue weighted by atomic mass is 10.8. The van der Waals surface area contributed by atoms with Crippen LogP contribution in [0.3, 0.4) is 0 Å². The molecule has 0 saturated heterocycles. The van der Waals surface area contributed by atoms with E-state index >= 15 is 0 Å². The van der Waals surface area contributed by atoms with Crippen LogP contribution in [0.25, 0.3) is 0 Å². The van der Waals surface area contributed by atoms with E-state index in [9.17, 15) is 0 Å². The number of nitrogens with zero attached hydrogens (tertiary/aromatic N) is 4. The molecule has 0 unspecified atom stereocenters. The number of aromatic nitrogens is 4. The zero-order valence-electron chi connectivity index (χ0n) is 12.9. The first-order valence-electron chi connectivity index (χ1n) is 7.07. The third-order valence-electron chi connectivity index (χ3n) is 2.27. The predicted molar refractivity (Wildman–Crippen MR) is 98.4 cm³/mol. The monoisotopic (exact) mass is 410 g/mol. The van der Waals surface area contributed by atoms with Crippen LogP contribution in [0.15, 0.2) is 17.4 Å². The first-order valence-corrected chi connectivity index (χ1v) is 11.5. The van der Waals surface area contributed by atoms with E-state index in [0.717, 1.165) is 55.3 Å². The summed E-state index contributed by atoms with van der Waals surface area (Å²) in [5.41, 5.74) is 0. The molecule has 6 nitrogen and oxygen atoms in total. The van der Waals surface area contributed by atoms with Crippen LogP contribution < -0.4 is 0 Å². The maximum absolute atomic E-state index is 5.31. The summed E-state index contributed by atoms with van der Waals surface area (Å²) in [6, 6.07) is 0. The van der Waals surface area contributed by atoms with Gasteiger partial charge >= 0.3 is 0 Å². The summed E-state index contributed by atoms with van der Waals surface area (Å²) in [6.07, 6.45) is 0. The van der Waals surface area contributed by atoms with E-state index < -0.39 is 0 Å². The average Bonchev–Trinajstić information content (AvgIpc) is 3.18. The predicted octanol–water partition coefficient (Wildman–Crippen LogP) is 3.80. The molecule has 0 atom stereocenters. The minimum atomic E-state index is 0.738. The fourth-order valence-corrected chi connectivity index (χ4v) is 6.42. The molecule has 23 heavy (non-hydrogen) atoms. The average molecular weight is 411 g/mol. The van der Waals surface area contributed by atoms with Crippen LogP contribution >= 0.6 is 58.0 Å². The highest BCUT2D eigenvalue weighted by molar-refractivity contribution is 8.05. The highest BCUT2D eigenvalue weighted by Gasteiger charge is 2.11. The van der Waals surface area contributed by atoms with Gasteiger partial charge in [-0.1, -0.05) is 46.2 Å². The summed E-state index contributed by atoms with van der Waals surface area (Å²) in [7, 11) is 0. The Kier molecular flexibility index (Phi) is 9.80. The molecule has 0 aliphatic rings. The van der Waals surface area contributed by atoms with Gasteiger partial charge in [0, 0.05) is 24.7 Å². The van der Waals surface area contributed by atoms with Crippen molar-refractivity contribution in [3.63, 3.8) is 0 Å². The SMILES string of the molecule is CCOCCSc1nnc(Sc2nnc(SCCOCC)s2)s1. The Morgan fingerprint density at radius 3 is 1.61 bits per heavy atom. The summed E-state index contributed by atoms with van der Waals surface area (Å²) < 4.78 is 14.3. The van der Waals surface area contributed by atoms with Crippen molar-refractivity contribution in [3.8, 4) is 0 Å². The van der Waals surface area contributed by atoms with Gasteiger partial charge in [-0.25, -0.2) is 0 Å². The van der Waals surface area contributed by atoms with Crippen LogP contribution in [0.5, 0.6) is 0 Å². The minimum Gasteiger partial charge on any atom is -0.381 e. The van der Waals surface area contributed by atoms with E-state index in [1.165, 1.54) is 11.8 Å². The molecule has 128 valence electrons. The van der Waals surface area contributed by atoms with Crippen LogP contribution in [0.2, 0.25) is 0 Å². The lowest BCUT2D eigenvalue weighted by Gasteiger charge is -1.97. The van der Waals surface area contributed by atoms with Gasteiger partial charge in [-0.05, 0) is 25.6 Å².